The molecular formula is C24H30N2O3. The van der Waals surface area contributed by atoms with Gasteiger partial charge in [0.1, 0.15) is 11.6 Å². The first-order chi connectivity index (χ1) is 13.6. The second-order valence-electron chi connectivity index (χ2n) is 9.02. The van der Waals surface area contributed by atoms with Gasteiger partial charge in [-0.2, -0.15) is 0 Å². The van der Waals surface area contributed by atoms with Gasteiger partial charge in [-0.15, -0.1) is 0 Å². The number of amides is 2. The van der Waals surface area contributed by atoms with Gasteiger partial charge in [0.15, 0.2) is 0 Å². The maximum absolute atomic E-state index is 12.9. The number of methoxy groups -OCH3 is 1. The van der Waals surface area contributed by atoms with E-state index in [0.29, 0.717) is 19.4 Å². The summed E-state index contributed by atoms with van der Waals surface area (Å²) in [6, 6.07) is 17.6. The van der Waals surface area contributed by atoms with Crippen molar-refractivity contribution < 1.29 is 14.3 Å². The summed E-state index contributed by atoms with van der Waals surface area (Å²) in [6.45, 7) is 6.33. The summed E-state index contributed by atoms with van der Waals surface area (Å²) in [5.41, 5.74) is 7.91. The predicted molar refractivity (Wildman–Crippen MR) is 114 cm³/mol. The number of likely N-dealkylation sites (tertiary alicyclic amines) is 1. The Balaban J connectivity index is 1.90. The average Bonchev–Trinajstić information content (AvgIpc) is 3.10. The monoisotopic (exact) mass is 394 g/mol. The summed E-state index contributed by atoms with van der Waals surface area (Å²) in [5.74, 6) is -0.562. The van der Waals surface area contributed by atoms with Crippen molar-refractivity contribution in [2.24, 2.45) is 11.1 Å². The van der Waals surface area contributed by atoms with Gasteiger partial charge >= 0.3 is 0 Å². The number of ether oxygens (including phenoxy) is 1. The Kier molecular flexibility index (Phi) is 5.80. The van der Waals surface area contributed by atoms with E-state index < -0.39 is 17.6 Å². The van der Waals surface area contributed by atoms with Crippen LogP contribution < -0.4 is 5.73 Å². The number of benzene rings is 2. The number of primary amides is 1. The number of nitrogens with two attached hydrogens (primary N) is 1. The molecule has 3 rings (SSSR count). The molecule has 1 aliphatic heterocycles. The highest BCUT2D eigenvalue weighted by atomic mass is 16.5. The highest BCUT2D eigenvalue weighted by molar-refractivity contribution is 5.88. The highest BCUT2D eigenvalue weighted by Gasteiger charge is 2.49. The highest BCUT2D eigenvalue weighted by Crippen LogP contribution is 2.40. The summed E-state index contributed by atoms with van der Waals surface area (Å²) in [7, 11) is 1.63. The van der Waals surface area contributed by atoms with Gasteiger partial charge in [0.05, 0.1) is 6.54 Å². The number of hydrogen-bond acceptors (Lipinski definition) is 3. The molecule has 1 heterocycles. The Labute approximate surface area is 172 Å². The zero-order valence-corrected chi connectivity index (χ0v) is 17.6. The molecule has 0 spiro atoms. The Bertz CT molecular complexity index is 871. The van der Waals surface area contributed by atoms with E-state index in [-0.39, 0.29) is 11.3 Å². The van der Waals surface area contributed by atoms with E-state index in [9.17, 15) is 9.59 Å². The van der Waals surface area contributed by atoms with E-state index in [1.807, 2.05) is 63.2 Å². The molecule has 2 aromatic rings. The number of carbonyl (C=O) groups excluding carboxylic acids is 2. The predicted octanol–water partition coefficient (Wildman–Crippen LogP) is 3.72. The maximum atomic E-state index is 12.9. The van der Waals surface area contributed by atoms with Gasteiger partial charge in [0.25, 0.3) is 0 Å². The molecule has 0 aliphatic carbocycles. The normalized spacial score (nSPS) is 21.9. The van der Waals surface area contributed by atoms with Crippen molar-refractivity contribution >= 4 is 11.8 Å². The van der Waals surface area contributed by atoms with Crippen LogP contribution in [0, 0.1) is 5.41 Å². The number of nitrogens with zero attached hydrogens (tertiary/aromatic N) is 1. The van der Waals surface area contributed by atoms with Crippen LogP contribution in [-0.2, 0) is 19.9 Å². The fourth-order valence-electron chi connectivity index (χ4n) is 4.02. The minimum atomic E-state index is -0.748. The van der Waals surface area contributed by atoms with Crippen molar-refractivity contribution in [2.45, 2.75) is 45.3 Å². The van der Waals surface area contributed by atoms with E-state index in [2.05, 4.69) is 12.1 Å². The van der Waals surface area contributed by atoms with Crippen LogP contribution >= 0.6 is 0 Å². The Morgan fingerprint density at radius 1 is 1.07 bits per heavy atom. The van der Waals surface area contributed by atoms with Crippen molar-refractivity contribution in [3.8, 4) is 11.1 Å². The molecule has 2 aromatic carbocycles. The molecular weight excluding hydrogens is 364 g/mol. The van der Waals surface area contributed by atoms with E-state index in [1.54, 1.807) is 12.0 Å². The van der Waals surface area contributed by atoms with Crippen molar-refractivity contribution in [2.75, 3.05) is 13.7 Å². The van der Waals surface area contributed by atoms with Crippen molar-refractivity contribution in [1.82, 2.24) is 4.90 Å². The molecule has 1 fully saturated rings. The summed E-state index contributed by atoms with van der Waals surface area (Å²) in [4.78, 5) is 26.6. The third-order valence-electron chi connectivity index (χ3n) is 5.56. The van der Waals surface area contributed by atoms with Crippen molar-refractivity contribution in [3.63, 3.8) is 0 Å². The molecule has 29 heavy (non-hydrogen) atoms. The molecule has 2 atom stereocenters. The topological polar surface area (TPSA) is 72.6 Å². The number of carbonyl (C=O) groups is 2. The standard InChI is InChI=1S/C24H30N2O3/c1-23(2,3)15-21(27)26-16-24(29-4,14-20(26)22(25)28)19-12-10-18(11-13-19)17-8-6-5-7-9-17/h5-13,20H,14-16H2,1-4H3,(H2,25,28)/t20-,24-/m0/s1. The maximum Gasteiger partial charge on any atom is 0.240 e. The van der Waals surface area contributed by atoms with Gasteiger partial charge in [-0.3, -0.25) is 9.59 Å². The number of hydrogen-bond donors (Lipinski definition) is 1. The minimum Gasteiger partial charge on any atom is -0.372 e. The molecule has 0 saturated carbocycles. The summed E-state index contributed by atoms with van der Waals surface area (Å²) < 4.78 is 5.92. The number of rotatable bonds is 5. The van der Waals surface area contributed by atoms with Crippen LogP contribution in [-0.4, -0.2) is 36.4 Å². The van der Waals surface area contributed by atoms with Crippen LogP contribution in [0.3, 0.4) is 0 Å². The molecule has 0 radical (unpaired) electrons. The van der Waals surface area contributed by atoms with Crippen LogP contribution in [0.4, 0.5) is 0 Å². The minimum absolute atomic E-state index is 0.0684. The molecule has 1 aliphatic rings. The first kappa shape index (κ1) is 21.1. The van der Waals surface area contributed by atoms with Crippen LogP contribution in [0.2, 0.25) is 0 Å². The lowest BCUT2D eigenvalue weighted by atomic mass is 9.89. The lowest BCUT2D eigenvalue weighted by molar-refractivity contribution is -0.139. The van der Waals surface area contributed by atoms with Crippen molar-refractivity contribution in [1.29, 1.82) is 0 Å². The van der Waals surface area contributed by atoms with E-state index in [1.165, 1.54) is 0 Å². The third-order valence-corrected chi connectivity index (χ3v) is 5.56. The molecule has 0 bridgehead atoms. The third kappa shape index (κ3) is 4.51. The van der Waals surface area contributed by atoms with Crippen LogP contribution in [0.5, 0.6) is 0 Å². The van der Waals surface area contributed by atoms with Gasteiger partial charge in [-0.05, 0) is 22.1 Å². The molecule has 0 unspecified atom stereocenters. The van der Waals surface area contributed by atoms with Crippen LogP contribution in [0.1, 0.15) is 39.2 Å². The Hall–Kier alpha value is -2.66. The van der Waals surface area contributed by atoms with E-state index >= 15 is 0 Å². The largest absolute Gasteiger partial charge is 0.372 e. The average molecular weight is 395 g/mol. The van der Waals surface area contributed by atoms with Crippen LogP contribution in [0.25, 0.3) is 11.1 Å². The smallest absolute Gasteiger partial charge is 0.240 e. The van der Waals surface area contributed by atoms with Gasteiger partial charge < -0.3 is 15.4 Å². The summed E-state index contributed by atoms with van der Waals surface area (Å²) in [5, 5.41) is 0. The van der Waals surface area contributed by atoms with Crippen LogP contribution in [0.15, 0.2) is 54.6 Å². The first-order valence-corrected chi connectivity index (χ1v) is 9.95. The lowest BCUT2D eigenvalue weighted by Gasteiger charge is -2.29. The van der Waals surface area contributed by atoms with Gasteiger partial charge in [-0.25, -0.2) is 0 Å². The van der Waals surface area contributed by atoms with Gasteiger partial charge in [0, 0.05) is 20.0 Å². The zero-order chi connectivity index (χ0) is 21.2. The van der Waals surface area contributed by atoms with Gasteiger partial charge in [-0.1, -0.05) is 75.4 Å². The summed E-state index contributed by atoms with van der Waals surface area (Å²) >= 11 is 0. The second-order valence-corrected chi connectivity index (χ2v) is 9.02. The molecule has 5 heteroatoms. The molecule has 154 valence electrons. The fraction of sp³-hybridized carbons (Fsp3) is 0.417. The Morgan fingerprint density at radius 2 is 1.66 bits per heavy atom. The van der Waals surface area contributed by atoms with E-state index in [0.717, 1.165) is 16.7 Å². The Morgan fingerprint density at radius 3 is 2.17 bits per heavy atom. The second kappa shape index (κ2) is 7.99. The molecule has 0 aromatic heterocycles. The molecule has 5 nitrogen and oxygen atoms in total. The quantitative estimate of drug-likeness (QED) is 0.840. The van der Waals surface area contributed by atoms with E-state index in [4.69, 9.17) is 10.5 Å². The fourth-order valence-corrected chi connectivity index (χ4v) is 4.02. The van der Waals surface area contributed by atoms with Gasteiger partial charge in [0.2, 0.25) is 11.8 Å². The zero-order valence-electron chi connectivity index (χ0n) is 17.6. The molecule has 2 amide bonds. The summed E-state index contributed by atoms with van der Waals surface area (Å²) in [6.07, 6.45) is 0.711. The molecule has 2 N–H and O–H groups in total. The molecule has 1 saturated heterocycles. The first-order valence-electron chi connectivity index (χ1n) is 9.95. The SMILES string of the molecule is CO[C@@]1(c2ccc(-c3ccccc3)cc2)C[C@@H](C(N)=O)N(C(=O)CC(C)(C)C)C1. The van der Waals surface area contributed by atoms with Crippen molar-refractivity contribution in [3.05, 3.63) is 60.2 Å². The lowest BCUT2D eigenvalue weighted by Crippen LogP contribution is -2.44.